The largest absolute Gasteiger partial charge is 0.486 e. The van der Waals surface area contributed by atoms with Crippen molar-refractivity contribution in [3.63, 3.8) is 0 Å². The van der Waals surface area contributed by atoms with E-state index in [1.165, 1.54) is 0 Å². The monoisotopic (exact) mass is 250 g/mol. The number of urea groups is 1. The molecule has 0 saturated heterocycles. The van der Waals surface area contributed by atoms with Crippen LogP contribution in [0.15, 0.2) is 24.3 Å². The van der Waals surface area contributed by atoms with E-state index in [1.54, 1.807) is 0 Å². The molecule has 0 aliphatic carbocycles. The molecular formula is C13H18N2O3. The normalized spacial score (nSPS) is 17.1. The molecule has 1 aromatic carbocycles. The van der Waals surface area contributed by atoms with Crippen molar-refractivity contribution in [2.24, 2.45) is 0 Å². The third-order valence-electron chi connectivity index (χ3n) is 2.59. The molecule has 0 bridgehead atoms. The molecule has 0 aromatic heterocycles. The van der Waals surface area contributed by atoms with Crippen LogP contribution in [0.3, 0.4) is 0 Å². The molecule has 1 atom stereocenters. The quantitative estimate of drug-likeness (QED) is 0.852. The maximum Gasteiger partial charge on any atom is 0.314 e. The lowest BCUT2D eigenvalue weighted by Crippen LogP contribution is -2.44. The first-order valence-electron chi connectivity index (χ1n) is 6.19. The predicted octanol–water partition coefficient (Wildman–Crippen LogP) is 1.54. The van der Waals surface area contributed by atoms with E-state index in [1.807, 2.05) is 31.2 Å². The van der Waals surface area contributed by atoms with Gasteiger partial charge in [0, 0.05) is 6.54 Å². The van der Waals surface area contributed by atoms with Crippen molar-refractivity contribution in [1.82, 2.24) is 10.6 Å². The molecule has 18 heavy (non-hydrogen) atoms. The molecule has 1 heterocycles. The first kappa shape index (κ1) is 12.5. The summed E-state index contributed by atoms with van der Waals surface area (Å²) in [5, 5.41) is 5.51. The number of carbonyl (C=O) groups is 1. The summed E-state index contributed by atoms with van der Waals surface area (Å²) in [5.41, 5.74) is 0. The van der Waals surface area contributed by atoms with Gasteiger partial charge in [-0.1, -0.05) is 19.1 Å². The maximum atomic E-state index is 11.4. The van der Waals surface area contributed by atoms with E-state index in [9.17, 15) is 4.79 Å². The van der Waals surface area contributed by atoms with Crippen LogP contribution in [0.25, 0.3) is 0 Å². The number of fused-ring (bicyclic) bond motifs is 1. The first-order chi connectivity index (χ1) is 8.79. The van der Waals surface area contributed by atoms with Gasteiger partial charge in [0.25, 0.3) is 0 Å². The van der Waals surface area contributed by atoms with Crippen LogP contribution < -0.4 is 20.1 Å². The Hall–Kier alpha value is -1.91. The fourth-order valence-corrected chi connectivity index (χ4v) is 1.67. The summed E-state index contributed by atoms with van der Waals surface area (Å²) >= 11 is 0. The van der Waals surface area contributed by atoms with Gasteiger partial charge in [0.05, 0.1) is 6.54 Å². The lowest BCUT2D eigenvalue weighted by atomic mass is 10.2. The number of nitrogens with one attached hydrogen (secondary N) is 2. The number of hydrogen-bond acceptors (Lipinski definition) is 3. The van der Waals surface area contributed by atoms with E-state index in [2.05, 4.69) is 10.6 Å². The Balaban J connectivity index is 1.78. The van der Waals surface area contributed by atoms with Gasteiger partial charge in [0.15, 0.2) is 17.6 Å². The highest BCUT2D eigenvalue weighted by atomic mass is 16.6. The smallest absolute Gasteiger partial charge is 0.314 e. The summed E-state index contributed by atoms with van der Waals surface area (Å²) in [6.45, 7) is 3.57. The second-order valence-electron chi connectivity index (χ2n) is 4.13. The van der Waals surface area contributed by atoms with E-state index in [-0.39, 0.29) is 12.1 Å². The third-order valence-corrected chi connectivity index (χ3v) is 2.59. The molecule has 2 rings (SSSR count). The van der Waals surface area contributed by atoms with E-state index in [4.69, 9.17) is 9.47 Å². The van der Waals surface area contributed by atoms with Crippen LogP contribution in [0.1, 0.15) is 13.3 Å². The molecule has 1 aliphatic heterocycles. The van der Waals surface area contributed by atoms with Crippen molar-refractivity contribution in [3.05, 3.63) is 24.3 Å². The van der Waals surface area contributed by atoms with Gasteiger partial charge in [-0.05, 0) is 18.6 Å². The summed E-state index contributed by atoms with van der Waals surface area (Å²) in [4.78, 5) is 11.4. The van der Waals surface area contributed by atoms with Crippen LogP contribution in [-0.4, -0.2) is 31.8 Å². The molecule has 0 radical (unpaired) electrons. The van der Waals surface area contributed by atoms with Gasteiger partial charge < -0.3 is 20.1 Å². The Morgan fingerprint density at radius 1 is 1.33 bits per heavy atom. The van der Waals surface area contributed by atoms with E-state index in [0.29, 0.717) is 19.7 Å². The van der Waals surface area contributed by atoms with Crippen LogP contribution in [-0.2, 0) is 0 Å². The highest BCUT2D eigenvalue weighted by molar-refractivity contribution is 5.73. The predicted molar refractivity (Wildman–Crippen MR) is 68.0 cm³/mol. The summed E-state index contributed by atoms with van der Waals surface area (Å²) in [5.74, 6) is 1.48. The standard InChI is InChI=1S/C13H18N2O3/c1-2-7-14-13(16)15-8-10-9-17-11-5-3-4-6-12(11)18-10/h3-6,10H,2,7-9H2,1H3,(H2,14,15,16)/t10-/m0/s1. The number of benzene rings is 1. The zero-order valence-electron chi connectivity index (χ0n) is 10.4. The summed E-state index contributed by atoms with van der Waals surface area (Å²) < 4.78 is 11.3. The number of rotatable bonds is 4. The Kier molecular flexibility index (Phi) is 4.28. The average molecular weight is 250 g/mol. The summed E-state index contributed by atoms with van der Waals surface area (Å²) in [6.07, 6.45) is 0.774. The number of amides is 2. The molecule has 2 amide bonds. The van der Waals surface area contributed by atoms with Crippen molar-refractivity contribution in [2.75, 3.05) is 19.7 Å². The Morgan fingerprint density at radius 2 is 2.11 bits per heavy atom. The maximum absolute atomic E-state index is 11.4. The number of para-hydroxylation sites is 2. The molecule has 0 fully saturated rings. The highest BCUT2D eigenvalue weighted by Crippen LogP contribution is 2.30. The Bertz CT molecular complexity index is 409. The van der Waals surface area contributed by atoms with E-state index in [0.717, 1.165) is 17.9 Å². The van der Waals surface area contributed by atoms with Crippen LogP contribution in [0.5, 0.6) is 11.5 Å². The van der Waals surface area contributed by atoms with Crippen LogP contribution in [0.2, 0.25) is 0 Å². The number of carbonyl (C=O) groups excluding carboxylic acids is 1. The minimum atomic E-state index is -0.167. The zero-order valence-corrected chi connectivity index (χ0v) is 10.4. The molecule has 1 aromatic rings. The molecular weight excluding hydrogens is 232 g/mol. The molecule has 5 nitrogen and oxygen atoms in total. The Morgan fingerprint density at radius 3 is 2.89 bits per heavy atom. The van der Waals surface area contributed by atoms with Crippen molar-refractivity contribution >= 4 is 6.03 Å². The van der Waals surface area contributed by atoms with Crippen molar-refractivity contribution in [2.45, 2.75) is 19.4 Å². The van der Waals surface area contributed by atoms with Gasteiger partial charge in [0.2, 0.25) is 0 Å². The minimum absolute atomic E-state index is 0.146. The van der Waals surface area contributed by atoms with Gasteiger partial charge in [-0.3, -0.25) is 0 Å². The molecule has 1 aliphatic rings. The van der Waals surface area contributed by atoms with Gasteiger partial charge in [-0.15, -0.1) is 0 Å². The fraction of sp³-hybridized carbons (Fsp3) is 0.462. The average Bonchev–Trinajstić information content (AvgIpc) is 2.42. The van der Waals surface area contributed by atoms with Crippen molar-refractivity contribution in [1.29, 1.82) is 0 Å². The summed E-state index contributed by atoms with van der Waals surface area (Å²) in [6, 6.07) is 7.36. The molecule has 5 heteroatoms. The van der Waals surface area contributed by atoms with Gasteiger partial charge in [0.1, 0.15) is 6.61 Å². The number of hydrogen-bond donors (Lipinski definition) is 2. The SMILES string of the molecule is CCCNC(=O)NC[C@H]1COc2ccccc2O1. The second kappa shape index (κ2) is 6.14. The van der Waals surface area contributed by atoms with Crippen molar-refractivity contribution in [3.8, 4) is 11.5 Å². The van der Waals surface area contributed by atoms with E-state index < -0.39 is 0 Å². The molecule has 2 N–H and O–H groups in total. The lowest BCUT2D eigenvalue weighted by Gasteiger charge is -2.26. The Labute approximate surface area is 106 Å². The molecule has 0 saturated carbocycles. The van der Waals surface area contributed by atoms with E-state index >= 15 is 0 Å². The molecule has 0 spiro atoms. The highest BCUT2D eigenvalue weighted by Gasteiger charge is 2.20. The van der Waals surface area contributed by atoms with Gasteiger partial charge >= 0.3 is 6.03 Å². The van der Waals surface area contributed by atoms with Crippen molar-refractivity contribution < 1.29 is 14.3 Å². The second-order valence-corrected chi connectivity index (χ2v) is 4.13. The van der Waals surface area contributed by atoms with Crippen LogP contribution in [0, 0.1) is 0 Å². The lowest BCUT2D eigenvalue weighted by molar-refractivity contribution is 0.0918. The number of ether oxygens (including phenoxy) is 2. The zero-order chi connectivity index (χ0) is 12.8. The topological polar surface area (TPSA) is 59.6 Å². The van der Waals surface area contributed by atoms with Gasteiger partial charge in [-0.2, -0.15) is 0 Å². The molecule has 0 unspecified atom stereocenters. The van der Waals surface area contributed by atoms with Crippen LogP contribution in [0.4, 0.5) is 4.79 Å². The first-order valence-corrected chi connectivity index (χ1v) is 6.19. The van der Waals surface area contributed by atoms with Gasteiger partial charge in [-0.25, -0.2) is 4.79 Å². The fourth-order valence-electron chi connectivity index (χ4n) is 1.67. The van der Waals surface area contributed by atoms with Crippen LogP contribution >= 0.6 is 0 Å². The minimum Gasteiger partial charge on any atom is -0.486 e. The third kappa shape index (κ3) is 3.29. The summed E-state index contributed by atoms with van der Waals surface area (Å²) in [7, 11) is 0. The molecule has 98 valence electrons.